The normalized spacial score (nSPS) is 34.5. The van der Waals surface area contributed by atoms with Crippen LogP contribution in [0.4, 0.5) is 4.79 Å². The number of amides is 1. The fraction of sp³-hybridized carbons (Fsp3) is 0.933. The molecular weight excluding hydrogens is 240 g/mol. The molecule has 4 rings (SSSR count). The number of hydrogen-bond donors (Lipinski definition) is 0. The Morgan fingerprint density at radius 1 is 1.26 bits per heavy atom. The van der Waals surface area contributed by atoms with Gasteiger partial charge in [0.15, 0.2) is 0 Å². The molecule has 4 fully saturated rings. The van der Waals surface area contributed by atoms with Crippen LogP contribution in [0.2, 0.25) is 0 Å². The molecule has 1 amide bonds. The lowest BCUT2D eigenvalue weighted by Crippen LogP contribution is -2.43. The second-order valence-corrected chi connectivity index (χ2v) is 7.65. The second-order valence-electron chi connectivity index (χ2n) is 7.65. The van der Waals surface area contributed by atoms with Crippen LogP contribution in [0.25, 0.3) is 0 Å². The molecule has 0 N–H and O–H groups in total. The summed E-state index contributed by atoms with van der Waals surface area (Å²) >= 11 is 0. The largest absolute Gasteiger partial charge is 0.444 e. The third kappa shape index (κ3) is 2.60. The zero-order valence-electron chi connectivity index (χ0n) is 12.4. The average Bonchev–Trinajstić information content (AvgIpc) is 2.88. The predicted molar refractivity (Wildman–Crippen MR) is 74.1 cm³/mol. The Morgan fingerprint density at radius 3 is 2.47 bits per heavy atom. The highest BCUT2D eigenvalue weighted by Gasteiger charge is 2.57. The monoisotopic (exact) mass is 266 g/mol. The summed E-state index contributed by atoms with van der Waals surface area (Å²) < 4.78 is 5.51. The highest BCUT2D eigenvalue weighted by Crippen LogP contribution is 2.52. The second kappa shape index (κ2) is 4.37. The summed E-state index contributed by atoms with van der Waals surface area (Å²) in [5.41, 5.74) is -0.00190. The molecule has 0 radical (unpaired) electrons. The summed E-state index contributed by atoms with van der Waals surface area (Å²) in [4.78, 5) is 16.7. The van der Waals surface area contributed by atoms with Gasteiger partial charge in [-0.2, -0.15) is 0 Å². The van der Waals surface area contributed by atoms with Gasteiger partial charge in [-0.1, -0.05) is 0 Å². The first-order valence-corrected chi connectivity index (χ1v) is 7.59. The van der Waals surface area contributed by atoms with Crippen LogP contribution in [0.3, 0.4) is 0 Å². The molecule has 19 heavy (non-hydrogen) atoms. The zero-order valence-corrected chi connectivity index (χ0v) is 12.4. The number of rotatable bonds is 2. The van der Waals surface area contributed by atoms with Crippen LogP contribution in [0.15, 0.2) is 0 Å². The van der Waals surface area contributed by atoms with E-state index in [4.69, 9.17) is 4.74 Å². The minimum Gasteiger partial charge on any atom is -0.444 e. The molecule has 0 unspecified atom stereocenters. The Balaban J connectivity index is 1.56. The van der Waals surface area contributed by atoms with Crippen molar-refractivity contribution in [2.45, 2.75) is 58.1 Å². The number of carbonyl (C=O) groups is 1. The van der Waals surface area contributed by atoms with E-state index in [0.29, 0.717) is 11.5 Å². The first-order chi connectivity index (χ1) is 8.87. The molecule has 2 bridgehead atoms. The highest BCUT2D eigenvalue weighted by molar-refractivity contribution is 5.70. The summed E-state index contributed by atoms with van der Waals surface area (Å²) in [5, 5.41) is 0. The van der Waals surface area contributed by atoms with Crippen LogP contribution in [0, 0.1) is 5.41 Å². The SMILES string of the molecule is CC(C)(C)OC(=O)N1CC2(CN3CCCC3)CC1C2. The summed E-state index contributed by atoms with van der Waals surface area (Å²) in [6, 6.07) is 0.442. The smallest absolute Gasteiger partial charge is 0.410 e. The number of ether oxygens (including phenoxy) is 1. The Hall–Kier alpha value is -0.770. The average molecular weight is 266 g/mol. The van der Waals surface area contributed by atoms with Crippen molar-refractivity contribution in [3.63, 3.8) is 0 Å². The molecule has 3 saturated heterocycles. The van der Waals surface area contributed by atoms with Crippen molar-refractivity contribution in [3.8, 4) is 0 Å². The van der Waals surface area contributed by atoms with Gasteiger partial charge in [-0.15, -0.1) is 0 Å². The Morgan fingerprint density at radius 2 is 1.89 bits per heavy atom. The van der Waals surface area contributed by atoms with Crippen LogP contribution in [-0.2, 0) is 4.74 Å². The molecular formula is C15H26N2O2. The van der Waals surface area contributed by atoms with E-state index in [1.54, 1.807) is 0 Å². The van der Waals surface area contributed by atoms with Crippen molar-refractivity contribution < 1.29 is 9.53 Å². The maximum Gasteiger partial charge on any atom is 0.410 e. The molecule has 0 spiro atoms. The van der Waals surface area contributed by atoms with Crippen molar-refractivity contribution in [2.24, 2.45) is 5.41 Å². The number of likely N-dealkylation sites (tertiary alicyclic amines) is 1. The third-order valence-corrected chi connectivity index (χ3v) is 4.67. The van der Waals surface area contributed by atoms with Gasteiger partial charge in [0.25, 0.3) is 0 Å². The molecule has 0 aromatic carbocycles. The first kappa shape index (κ1) is 13.2. The van der Waals surface area contributed by atoms with Gasteiger partial charge in [-0.3, -0.25) is 0 Å². The van der Waals surface area contributed by atoms with Crippen LogP contribution in [0.1, 0.15) is 46.5 Å². The predicted octanol–water partition coefficient (Wildman–Crippen LogP) is 2.48. The topological polar surface area (TPSA) is 32.8 Å². The Labute approximate surface area is 116 Å². The standard InChI is InChI=1S/C15H26N2O2/c1-14(2,3)19-13(18)17-11-15(8-12(17)9-15)10-16-6-4-5-7-16/h12H,4-11H2,1-3H3. The summed E-state index contributed by atoms with van der Waals surface area (Å²) in [5.74, 6) is 0. The number of nitrogens with zero attached hydrogens (tertiary/aromatic N) is 2. The molecule has 1 aliphatic carbocycles. The maximum atomic E-state index is 12.2. The summed E-state index contributed by atoms with van der Waals surface area (Å²) in [6.45, 7) is 10.4. The first-order valence-electron chi connectivity index (χ1n) is 7.59. The van der Waals surface area contributed by atoms with Crippen LogP contribution in [-0.4, -0.2) is 53.7 Å². The van der Waals surface area contributed by atoms with Gasteiger partial charge >= 0.3 is 6.09 Å². The molecule has 1 saturated carbocycles. The fourth-order valence-electron chi connectivity index (χ4n) is 3.91. The van der Waals surface area contributed by atoms with E-state index in [1.807, 2.05) is 25.7 Å². The lowest BCUT2D eigenvalue weighted by atomic mass is 9.70. The molecule has 0 aromatic heterocycles. The van der Waals surface area contributed by atoms with Crippen molar-refractivity contribution in [3.05, 3.63) is 0 Å². The van der Waals surface area contributed by atoms with Gasteiger partial charge in [-0.25, -0.2) is 4.79 Å². The molecule has 0 atom stereocenters. The van der Waals surface area contributed by atoms with Crippen LogP contribution < -0.4 is 0 Å². The highest BCUT2D eigenvalue weighted by atomic mass is 16.6. The molecule has 4 nitrogen and oxygen atoms in total. The quantitative estimate of drug-likeness (QED) is 0.770. The van der Waals surface area contributed by atoms with Crippen LogP contribution in [0.5, 0.6) is 0 Å². The molecule has 4 aliphatic rings. The number of fused-ring (bicyclic) bond motifs is 1. The lowest BCUT2D eigenvalue weighted by Gasteiger charge is -2.39. The van der Waals surface area contributed by atoms with Gasteiger partial charge < -0.3 is 14.5 Å². The van der Waals surface area contributed by atoms with E-state index < -0.39 is 0 Å². The van der Waals surface area contributed by atoms with Gasteiger partial charge in [0.2, 0.25) is 0 Å². The van der Waals surface area contributed by atoms with E-state index in [2.05, 4.69) is 4.90 Å². The molecule has 0 aromatic rings. The third-order valence-electron chi connectivity index (χ3n) is 4.67. The van der Waals surface area contributed by atoms with E-state index in [9.17, 15) is 4.79 Å². The van der Waals surface area contributed by atoms with Crippen molar-refractivity contribution in [2.75, 3.05) is 26.2 Å². The molecule has 3 aliphatic heterocycles. The van der Waals surface area contributed by atoms with E-state index in [0.717, 1.165) is 6.54 Å². The summed E-state index contributed by atoms with van der Waals surface area (Å²) in [6.07, 6.45) is 4.94. The van der Waals surface area contributed by atoms with E-state index in [-0.39, 0.29) is 11.7 Å². The maximum absolute atomic E-state index is 12.2. The minimum atomic E-state index is -0.383. The van der Waals surface area contributed by atoms with Gasteiger partial charge in [0, 0.05) is 24.5 Å². The van der Waals surface area contributed by atoms with E-state index in [1.165, 1.54) is 45.3 Å². The van der Waals surface area contributed by atoms with Crippen LogP contribution >= 0.6 is 0 Å². The summed E-state index contributed by atoms with van der Waals surface area (Å²) in [7, 11) is 0. The van der Waals surface area contributed by atoms with Crippen molar-refractivity contribution >= 4 is 6.09 Å². The minimum absolute atomic E-state index is 0.113. The zero-order chi connectivity index (χ0) is 13.7. The number of carbonyl (C=O) groups excluding carboxylic acids is 1. The van der Waals surface area contributed by atoms with E-state index >= 15 is 0 Å². The Bertz CT molecular complexity index is 363. The number of hydrogen-bond acceptors (Lipinski definition) is 3. The lowest BCUT2D eigenvalue weighted by molar-refractivity contribution is 0.0242. The van der Waals surface area contributed by atoms with Crippen molar-refractivity contribution in [1.82, 2.24) is 9.80 Å². The molecule has 4 heteroatoms. The Kier molecular flexibility index (Phi) is 3.04. The van der Waals surface area contributed by atoms with Gasteiger partial charge in [-0.05, 0) is 59.5 Å². The fourth-order valence-corrected chi connectivity index (χ4v) is 3.91. The molecule has 3 heterocycles. The van der Waals surface area contributed by atoms with Gasteiger partial charge in [0.05, 0.1) is 0 Å². The van der Waals surface area contributed by atoms with Crippen molar-refractivity contribution in [1.29, 1.82) is 0 Å². The molecule has 108 valence electrons. The van der Waals surface area contributed by atoms with Gasteiger partial charge in [0.1, 0.15) is 5.60 Å².